The minimum Gasteiger partial charge on any atom is -0.390 e. The summed E-state index contributed by atoms with van der Waals surface area (Å²) >= 11 is 8.29. The van der Waals surface area contributed by atoms with Gasteiger partial charge in [-0.05, 0) is 44.7 Å². The zero-order valence-electron chi connectivity index (χ0n) is 17.0. The van der Waals surface area contributed by atoms with Gasteiger partial charge in [0.25, 0.3) is 0 Å². The summed E-state index contributed by atoms with van der Waals surface area (Å²) in [5, 5.41) is 19.2. The minimum atomic E-state index is -0.189. The van der Waals surface area contributed by atoms with Crippen LogP contribution in [-0.4, -0.2) is 48.4 Å². The van der Waals surface area contributed by atoms with Gasteiger partial charge in [0.2, 0.25) is 0 Å². The van der Waals surface area contributed by atoms with Gasteiger partial charge in [0.1, 0.15) is 16.9 Å². The van der Waals surface area contributed by atoms with Crippen molar-refractivity contribution in [1.82, 2.24) is 25.1 Å². The van der Waals surface area contributed by atoms with Crippen molar-refractivity contribution < 1.29 is 5.11 Å². The number of piperidine rings is 1. The molecule has 31 heavy (non-hydrogen) atoms. The summed E-state index contributed by atoms with van der Waals surface area (Å²) in [7, 11) is 0. The van der Waals surface area contributed by atoms with Gasteiger partial charge in [-0.25, -0.2) is 15.0 Å². The summed E-state index contributed by atoms with van der Waals surface area (Å²) in [5.74, 6) is 0.740. The third-order valence-electron chi connectivity index (χ3n) is 6.47. The number of aliphatic hydroxyl groups excluding tert-OH is 1. The van der Waals surface area contributed by atoms with Gasteiger partial charge >= 0.3 is 0 Å². The second-order valence-electron chi connectivity index (χ2n) is 8.45. The first-order chi connectivity index (χ1) is 15.0. The number of rotatable bonds is 3. The highest BCUT2D eigenvalue weighted by Gasteiger charge is 2.41. The van der Waals surface area contributed by atoms with Crippen LogP contribution in [0.5, 0.6) is 0 Å². The van der Waals surface area contributed by atoms with E-state index in [1.807, 2.05) is 19.1 Å². The van der Waals surface area contributed by atoms with Gasteiger partial charge in [-0.2, -0.15) is 5.10 Å². The van der Waals surface area contributed by atoms with Crippen LogP contribution in [0.3, 0.4) is 0 Å². The van der Waals surface area contributed by atoms with E-state index in [9.17, 15) is 5.11 Å². The lowest BCUT2D eigenvalue weighted by Gasteiger charge is -2.39. The summed E-state index contributed by atoms with van der Waals surface area (Å²) in [6.45, 7) is 1.78. The van der Waals surface area contributed by atoms with E-state index in [4.69, 9.17) is 27.3 Å². The zero-order chi connectivity index (χ0) is 21.3. The third-order valence-corrected chi connectivity index (χ3v) is 7.98. The summed E-state index contributed by atoms with van der Waals surface area (Å²) in [5.41, 5.74) is 10.3. The number of aryl methyl sites for hydroxylation is 1. The number of H-pyrrole nitrogens is 1. The number of aliphatic hydroxyl groups is 1. The van der Waals surface area contributed by atoms with E-state index in [2.05, 4.69) is 20.1 Å². The van der Waals surface area contributed by atoms with Gasteiger partial charge in [0.05, 0.1) is 26.9 Å². The molecule has 0 aliphatic carbocycles. The van der Waals surface area contributed by atoms with E-state index in [0.717, 1.165) is 52.3 Å². The number of benzene rings is 1. The van der Waals surface area contributed by atoms with Crippen LogP contribution in [0.15, 0.2) is 12.1 Å². The van der Waals surface area contributed by atoms with Crippen molar-refractivity contribution in [3.05, 3.63) is 27.9 Å². The maximum Gasteiger partial charge on any atom is 0.177 e. The fourth-order valence-electron chi connectivity index (χ4n) is 5.19. The highest BCUT2D eigenvalue weighted by atomic mass is 35.5. The van der Waals surface area contributed by atoms with Crippen LogP contribution in [-0.2, 0) is 6.61 Å². The Morgan fingerprint density at radius 3 is 2.74 bits per heavy atom. The average Bonchev–Trinajstić information content (AvgIpc) is 3.41. The molecule has 2 fully saturated rings. The Morgan fingerprint density at radius 2 is 2.00 bits per heavy atom. The molecule has 0 saturated carbocycles. The van der Waals surface area contributed by atoms with Gasteiger partial charge in [-0.15, -0.1) is 11.3 Å². The molecular weight excluding hydrogens is 434 g/mol. The Bertz CT molecular complexity index is 1300. The molecule has 2 aliphatic rings. The number of fused-ring (bicyclic) bond motifs is 4. The Labute approximate surface area is 187 Å². The monoisotopic (exact) mass is 455 g/mol. The van der Waals surface area contributed by atoms with E-state index in [1.165, 1.54) is 0 Å². The number of thiazole rings is 1. The molecule has 10 heteroatoms. The molecule has 3 aromatic heterocycles. The average molecular weight is 456 g/mol. The third kappa shape index (κ3) is 2.95. The molecule has 0 unspecified atom stereocenters. The van der Waals surface area contributed by atoms with Crippen molar-refractivity contribution in [2.24, 2.45) is 5.73 Å². The van der Waals surface area contributed by atoms with Crippen molar-refractivity contribution in [2.75, 3.05) is 4.90 Å². The lowest BCUT2D eigenvalue weighted by Crippen LogP contribution is -2.48. The molecular formula is C21H22ClN7OS. The van der Waals surface area contributed by atoms with Gasteiger partial charge < -0.3 is 15.7 Å². The first-order valence-electron chi connectivity index (χ1n) is 10.5. The van der Waals surface area contributed by atoms with E-state index in [0.29, 0.717) is 39.7 Å². The van der Waals surface area contributed by atoms with Gasteiger partial charge in [-0.3, -0.25) is 5.10 Å². The fourth-order valence-corrected chi connectivity index (χ4v) is 6.41. The molecule has 0 amide bonds. The molecule has 2 bridgehead atoms. The van der Waals surface area contributed by atoms with Crippen molar-refractivity contribution in [1.29, 1.82) is 0 Å². The molecule has 0 radical (unpaired) electrons. The largest absolute Gasteiger partial charge is 0.390 e. The molecule has 4 N–H and O–H groups in total. The smallest absolute Gasteiger partial charge is 0.177 e. The summed E-state index contributed by atoms with van der Waals surface area (Å²) in [6.07, 6.45) is 4.08. The first-order valence-corrected chi connectivity index (χ1v) is 11.7. The van der Waals surface area contributed by atoms with Crippen molar-refractivity contribution in [3.63, 3.8) is 0 Å². The van der Waals surface area contributed by atoms with E-state index < -0.39 is 0 Å². The minimum absolute atomic E-state index is 0.189. The van der Waals surface area contributed by atoms with E-state index in [-0.39, 0.29) is 12.6 Å². The molecule has 2 aliphatic heterocycles. The second-order valence-corrected chi connectivity index (χ2v) is 10.0. The number of nitrogens with zero attached hydrogens (tertiary/aromatic N) is 5. The number of aromatic nitrogens is 5. The lowest BCUT2D eigenvalue weighted by atomic mass is 9.98. The molecule has 5 heterocycles. The molecule has 8 nitrogen and oxygen atoms in total. The van der Waals surface area contributed by atoms with Crippen LogP contribution in [0.4, 0.5) is 5.82 Å². The van der Waals surface area contributed by atoms with Gasteiger partial charge in [0, 0.05) is 23.7 Å². The van der Waals surface area contributed by atoms with Crippen molar-refractivity contribution >= 4 is 50.1 Å². The molecule has 3 atom stereocenters. The SMILES string of the molecule is Cc1nc2ccc(-c3n[nH]c4nc(N5[C@@H]6CC[C@H]5C[C@@H](N)C6)c(CO)nc34)c(Cl)c2s1. The van der Waals surface area contributed by atoms with E-state index in [1.54, 1.807) is 11.3 Å². The number of aromatic amines is 1. The maximum absolute atomic E-state index is 10.1. The Hall–Kier alpha value is -2.33. The Kier molecular flexibility index (Phi) is 4.43. The van der Waals surface area contributed by atoms with Crippen LogP contribution in [0.25, 0.3) is 32.6 Å². The van der Waals surface area contributed by atoms with Gasteiger partial charge in [-0.1, -0.05) is 11.6 Å². The molecule has 2 saturated heterocycles. The van der Waals surface area contributed by atoms with E-state index >= 15 is 0 Å². The summed E-state index contributed by atoms with van der Waals surface area (Å²) in [6, 6.07) is 4.79. The first kappa shape index (κ1) is 19.4. The number of hydrogen-bond acceptors (Lipinski definition) is 8. The topological polar surface area (TPSA) is 117 Å². The second kappa shape index (κ2) is 7.09. The summed E-state index contributed by atoms with van der Waals surface area (Å²) in [4.78, 5) is 16.5. The standard InChI is InChI=1S/C21H22ClN7OS/c1-9-24-14-5-4-13(16(22)19(14)31-9)17-18-20(28-27-17)26-21(15(8-30)25-18)29-11-2-3-12(29)7-10(23)6-11/h4-5,10-12,30H,2-3,6-8,23H2,1H3,(H,26,27,28)/t10-,11+,12-. The molecule has 6 rings (SSSR count). The van der Waals surface area contributed by atoms with Crippen molar-refractivity contribution in [2.45, 2.75) is 57.3 Å². The quantitative estimate of drug-likeness (QED) is 0.432. The number of anilines is 1. The van der Waals surface area contributed by atoms with Crippen LogP contribution >= 0.6 is 22.9 Å². The number of hydrogen-bond donors (Lipinski definition) is 3. The molecule has 160 valence electrons. The number of nitrogens with one attached hydrogen (secondary N) is 1. The van der Waals surface area contributed by atoms with Crippen LogP contribution in [0.1, 0.15) is 36.4 Å². The van der Waals surface area contributed by atoms with Crippen LogP contribution < -0.4 is 10.6 Å². The molecule has 1 aromatic carbocycles. The van der Waals surface area contributed by atoms with Gasteiger partial charge in [0.15, 0.2) is 11.5 Å². The highest BCUT2D eigenvalue weighted by molar-refractivity contribution is 7.19. The highest BCUT2D eigenvalue weighted by Crippen LogP contribution is 2.41. The number of nitrogens with two attached hydrogens (primary N) is 1. The van der Waals surface area contributed by atoms with Crippen LogP contribution in [0.2, 0.25) is 5.02 Å². The molecule has 0 spiro atoms. The zero-order valence-corrected chi connectivity index (χ0v) is 18.5. The predicted octanol–water partition coefficient (Wildman–Crippen LogP) is 3.54. The van der Waals surface area contributed by atoms with Crippen molar-refractivity contribution in [3.8, 4) is 11.3 Å². The Balaban J connectivity index is 1.49. The normalized spacial score (nSPS) is 23.4. The fraction of sp³-hybridized carbons (Fsp3) is 0.429. The Morgan fingerprint density at radius 1 is 1.23 bits per heavy atom. The molecule has 4 aromatic rings. The summed E-state index contributed by atoms with van der Waals surface area (Å²) < 4.78 is 0.931. The predicted molar refractivity (Wildman–Crippen MR) is 122 cm³/mol. The van der Waals surface area contributed by atoms with Crippen LogP contribution in [0, 0.1) is 6.92 Å². The lowest BCUT2D eigenvalue weighted by molar-refractivity contribution is 0.276. The maximum atomic E-state index is 10.1. The number of halogens is 1.